The maximum Gasteiger partial charge on any atom is 0.0517 e. The monoisotopic (exact) mass is 281 g/mol. The Kier molecular flexibility index (Phi) is 3.70. The predicted octanol–water partition coefficient (Wildman–Crippen LogP) is 3.39. The quantitative estimate of drug-likeness (QED) is 0.659. The van der Waals surface area contributed by atoms with Gasteiger partial charge < -0.3 is 5.32 Å². The smallest absolute Gasteiger partial charge is 0.0517 e. The van der Waals surface area contributed by atoms with E-state index in [1.807, 2.05) is 0 Å². The van der Waals surface area contributed by atoms with E-state index in [0.717, 1.165) is 12.0 Å². The van der Waals surface area contributed by atoms with Gasteiger partial charge in [-0.2, -0.15) is 0 Å². The van der Waals surface area contributed by atoms with Crippen LogP contribution in [0, 0.1) is 0 Å². The Labute approximate surface area is 107 Å². The lowest BCUT2D eigenvalue weighted by Gasteiger charge is -2.26. The minimum absolute atomic E-state index is 0.214. The van der Waals surface area contributed by atoms with Crippen LogP contribution in [-0.2, 0) is 18.3 Å². The molecule has 1 aromatic rings. The highest BCUT2D eigenvalue weighted by molar-refractivity contribution is 9.09. The number of aryl methyl sites for hydroxylation is 2. The molecule has 2 heteroatoms. The Hall–Kier alpha value is -0.340. The summed E-state index contributed by atoms with van der Waals surface area (Å²) in [6, 6.07) is 7.05. The summed E-state index contributed by atoms with van der Waals surface area (Å²) in [6.45, 7) is 5.62. The van der Waals surface area contributed by atoms with E-state index in [0.29, 0.717) is 0 Å². The summed E-state index contributed by atoms with van der Waals surface area (Å²) in [5.74, 6) is 0. The van der Waals surface area contributed by atoms with Crippen molar-refractivity contribution >= 4 is 15.9 Å². The van der Waals surface area contributed by atoms with Gasteiger partial charge in [-0.3, -0.25) is 0 Å². The molecule has 0 saturated carbocycles. The van der Waals surface area contributed by atoms with Crippen molar-refractivity contribution in [3.63, 3.8) is 0 Å². The summed E-state index contributed by atoms with van der Waals surface area (Å²) in [6.07, 6.45) is 3.87. The average molecular weight is 282 g/mol. The summed E-state index contributed by atoms with van der Waals surface area (Å²) < 4.78 is 0. The number of hydrogen-bond donors (Lipinski definition) is 1. The number of halogens is 1. The summed E-state index contributed by atoms with van der Waals surface area (Å²) in [5, 5.41) is 3.37. The van der Waals surface area contributed by atoms with Crippen LogP contribution in [0.2, 0.25) is 0 Å². The Bertz CT molecular complexity index is 371. The molecule has 88 valence electrons. The van der Waals surface area contributed by atoms with Crippen molar-refractivity contribution in [1.82, 2.24) is 5.32 Å². The van der Waals surface area contributed by atoms with Crippen LogP contribution in [0.15, 0.2) is 18.2 Å². The van der Waals surface area contributed by atoms with Crippen molar-refractivity contribution in [2.75, 3.05) is 12.0 Å². The third-order valence-corrected chi connectivity index (χ3v) is 3.94. The van der Waals surface area contributed by atoms with Gasteiger partial charge in [-0.1, -0.05) is 48.0 Å². The van der Waals surface area contributed by atoms with E-state index in [2.05, 4.69) is 53.3 Å². The molecule has 0 radical (unpaired) electrons. The largest absolute Gasteiger partial charge is 0.306 e. The van der Waals surface area contributed by atoms with Crippen molar-refractivity contribution < 1.29 is 0 Å². The number of alkyl halides is 1. The number of rotatable bonds is 4. The SMILES string of the molecule is CC(C)(CNCBr)c1ccc2c(c1)CCC2. The number of fused-ring (bicyclic) bond motifs is 1. The predicted molar refractivity (Wildman–Crippen MR) is 73.3 cm³/mol. The molecule has 1 aliphatic carbocycles. The molecule has 0 amide bonds. The summed E-state index contributed by atoms with van der Waals surface area (Å²) in [4.78, 5) is 0. The second-order valence-electron chi connectivity index (χ2n) is 5.28. The van der Waals surface area contributed by atoms with Gasteiger partial charge in [0.2, 0.25) is 0 Å². The van der Waals surface area contributed by atoms with Crippen molar-refractivity contribution in [3.05, 3.63) is 34.9 Å². The minimum atomic E-state index is 0.214. The molecule has 0 bridgehead atoms. The van der Waals surface area contributed by atoms with Gasteiger partial charge in [0.05, 0.1) is 5.45 Å². The average Bonchev–Trinajstić information content (AvgIpc) is 2.73. The van der Waals surface area contributed by atoms with E-state index in [1.165, 1.54) is 24.8 Å². The van der Waals surface area contributed by atoms with Crippen LogP contribution < -0.4 is 5.32 Å². The Morgan fingerprint density at radius 2 is 2.00 bits per heavy atom. The second-order valence-corrected chi connectivity index (χ2v) is 5.84. The summed E-state index contributed by atoms with van der Waals surface area (Å²) in [7, 11) is 0. The van der Waals surface area contributed by atoms with Crippen LogP contribution in [-0.4, -0.2) is 12.0 Å². The number of benzene rings is 1. The van der Waals surface area contributed by atoms with E-state index in [9.17, 15) is 0 Å². The lowest BCUT2D eigenvalue weighted by Crippen LogP contribution is -2.32. The standard InChI is InChI=1S/C14H20BrN/c1-14(2,9-16-10-15)13-7-6-11-4-3-5-12(11)8-13/h6-8,16H,3-5,9-10H2,1-2H3. The zero-order chi connectivity index (χ0) is 11.6. The van der Waals surface area contributed by atoms with E-state index in [-0.39, 0.29) is 5.41 Å². The van der Waals surface area contributed by atoms with Gasteiger partial charge in [0, 0.05) is 12.0 Å². The number of nitrogens with one attached hydrogen (secondary N) is 1. The maximum atomic E-state index is 3.41. The normalized spacial score (nSPS) is 15.2. The zero-order valence-electron chi connectivity index (χ0n) is 10.1. The van der Waals surface area contributed by atoms with Crippen LogP contribution in [0.5, 0.6) is 0 Å². The number of hydrogen-bond acceptors (Lipinski definition) is 1. The Morgan fingerprint density at radius 1 is 1.25 bits per heavy atom. The summed E-state index contributed by atoms with van der Waals surface area (Å²) >= 11 is 3.41. The molecular weight excluding hydrogens is 262 g/mol. The van der Waals surface area contributed by atoms with Crippen molar-refractivity contribution in [3.8, 4) is 0 Å². The van der Waals surface area contributed by atoms with Gasteiger partial charge in [0.15, 0.2) is 0 Å². The first-order valence-electron chi connectivity index (χ1n) is 6.02. The Morgan fingerprint density at radius 3 is 2.75 bits per heavy atom. The fourth-order valence-corrected chi connectivity index (χ4v) is 2.65. The molecule has 0 aromatic heterocycles. The molecule has 0 fully saturated rings. The molecule has 1 aromatic carbocycles. The molecule has 0 unspecified atom stereocenters. The molecule has 0 aliphatic heterocycles. The molecule has 0 spiro atoms. The van der Waals surface area contributed by atoms with E-state index in [4.69, 9.17) is 0 Å². The van der Waals surface area contributed by atoms with Gasteiger partial charge >= 0.3 is 0 Å². The fraction of sp³-hybridized carbons (Fsp3) is 0.571. The molecule has 16 heavy (non-hydrogen) atoms. The Balaban J connectivity index is 2.20. The van der Waals surface area contributed by atoms with Crippen molar-refractivity contribution in [2.45, 2.75) is 38.5 Å². The fourth-order valence-electron chi connectivity index (χ4n) is 2.45. The molecule has 0 heterocycles. The van der Waals surface area contributed by atoms with Gasteiger partial charge in [-0.05, 0) is 36.0 Å². The van der Waals surface area contributed by atoms with Crippen LogP contribution >= 0.6 is 15.9 Å². The second kappa shape index (κ2) is 4.89. The van der Waals surface area contributed by atoms with Crippen LogP contribution in [0.25, 0.3) is 0 Å². The first-order valence-corrected chi connectivity index (χ1v) is 7.14. The molecular formula is C14H20BrN. The molecule has 0 atom stereocenters. The van der Waals surface area contributed by atoms with E-state index < -0.39 is 0 Å². The minimum Gasteiger partial charge on any atom is -0.306 e. The molecule has 2 rings (SSSR count). The van der Waals surface area contributed by atoms with Gasteiger partial charge in [-0.25, -0.2) is 0 Å². The highest BCUT2D eigenvalue weighted by Gasteiger charge is 2.22. The highest BCUT2D eigenvalue weighted by atomic mass is 79.9. The van der Waals surface area contributed by atoms with Crippen LogP contribution in [0.4, 0.5) is 0 Å². The highest BCUT2D eigenvalue weighted by Crippen LogP contribution is 2.29. The topological polar surface area (TPSA) is 12.0 Å². The van der Waals surface area contributed by atoms with Gasteiger partial charge in [-0.15, -0.1) is 0 Å². The third-order valence-electron chi connectivity index (χ3n) is 3.54. The van der Waals surface area contributed by atoms with Gasteiger partial charge in [0.25, 0.3) is 0 Å². The van der Waals surface area contributed by atoms with Crippen molar-refractivity contribution in [2.24, 2.45) is 0 Å². The molecule has 0 saturated heterocycles. The zero-order valence-corrected chi connectivity index (χ0v) is 11.7. The first-order chi connectivity index (χ1) is 7.63. The van der Waals surface area contributed by atoms with Gasteiger partial charge in [0.1, 0.15) is 0 Å². The molecule has 1 nitrogen and oxygen atoms in total. The van der Waals surface area contributed by atoms with Crippen molar-refractivity contribution in [1.29, 1.82) is 0 Å². The third kappa shape index (κ3) is 2.49. The lowest BCUT2D eigenvalue weighted by atomic mass is 9.83. The van der Waals surface area contributed by atoms with Crippen LogP contribution in [0.3, 0.4) is 0 Å². The van der Waals surface area contributed by atoms with Crippen LogP contribution in [0.1, 0.15) is 37.0 Å². The molecule has 1 N–H and O–H groups in total. The van der Waals surface area contributed by atoms with E-state index in [1.54, 1.807) is 11.1 Å². The maximum absolute atomic E-state index is 3.41. The molecule has 1 aliphatic rings. The lowest BCUT2D eigenvalue weighted by molar-refractivity contribution is 0.490. The first kappa shape index (κ1) is 12.1. The van der Waals surface area contributed by atoms with E-state index >= 15 is 0 Å². The summed E-state index contributed by atoms with van der Waals surface area (Å²) in [5.41, 5.74) is 5.67.